The van der Waals surface area contributed by atoms with Crippen molar-refractivity contribution in [1.82, 2.24) is 10.2 Å². The van der Waals surface area contributed by atoms with Gasteiger partial charge < -0.3 is 9.64 Å². The third kappa shape index (κ3) is 3.39. The van der Waals surface area contributed by atoms with Crippen LogP contribution in [0.25, 0.3) is 0 Å². The molecule has 0 aromatic heterocycles. The molecule has 1 aromatic rings. The number of hydrogen-bond acceptors (Lipinski definition) is 4. The molecule has 0 unspecified atom stereocenters. The van der Waals surface area contributed by atoms with Crippen LogP contribution in [-0.4, -0.2) is 47.7 Å². The number of hydrogen-bond donors (Lipinski definition) is 1. The first-order valence-corrected chi connectivity index (χ1v) is 8.30. The van der Waals surface area contributed by atoms with Gasteiger partial charge in [-0.3, -0.25) is 10.1 Å². The second-order valence-electron chi connectivity index (χ2n) is 5.50. The second kappa shape index (κ2) is 6.34. The average Bonchev–Trinajstić information content (AvgIpc) is 3.00. The molecule has 2 fully saturated rings. The number of nitrogens with zero attached hydrogens (tertiary/aromatic N) is 1. The van der Waals surface area contributed by atoms with E-state index in [0.29, 0.717) is 13.1 Å². The number of carbonyl (C=O) groups excluding carboxylic acids is 1. The molecule has 21 heavy (non-hydrogen) atoms. The summed E-state index contributed by atoms with van der Waals surface area (Å²) in [4.78, 5) is 14.4. The van der Waals surface area contributed by atoms with Crippen molar-refractivity contribution in [2.75, 3.05) is 24.7 Å². The Morgan fingerprint density at radius 2 is 2.14 bits per heavy atom. The highest BCUT2D eigenvalue weighted by atomic mass is 32.2. The van der Waals surface area contributed by atoms with E-state index in [1.165, 1.54) is 12.1 Å². The number of benzene rings is 1. The maximum absolute atomic E-state index is 13.0. The van der Waals surface area contributed by atoms with Gasteiger partial charge in [0.2, 0.25) is 5.91 Å². The molecule has 0 spiro atoms. The van der Waals surface area contributed by atoms with Gasteiger partial charge in [-0.05, 0) is 24.6 Å². The molecular formula is C15H19FN2O2S. The zero-order valence-electron chi connectivity index (χ0n) is 11.9. The van der Waals surface area contributed by atoms with E-state index < -0.39 is 0 Å². The predicted molar refractivity (Wildman–Crippen MR) is 80.5 cm³/mol. The molecule has 3 rings (SSSR count). The highest BCUT2D eigenvalue weighted by Crippen LogP contribution is 2.26. The van der Waals surface area contributed by atoms with Crippen LogP contribution in [-0.2, 0) is 9.53 Å². The fourth-order valence-corrected chi connectivity index (χ4v) is 3.70. The van der Waals surface area contributed by atoms with E-state index >= 15 is 0 Å². The van der Waals surface area contributed by atoms with E-state index in [1.54, 1.807) is 23.9 Å². The van der Waals surface area contributed by atoms with E-state index in [0.717, 1.165) is 17.2 Å². The van der Waals surface area contributed by atoms with E-state index in [1.807, 2.05) is 11.8 Å². The third-order valence-electron chi connectivity index (χ3n) is 3.83. The Balaban J connectivity index is 1.71. The number of rotatable bonds is 2. The fraction of sp³-hybridized carbons (Fsp3) is 0.533. The zero-order valence-corrected chi connectivity index (χ0v) is 12.7. The normalized spacial score (nSPS) is 29.6. The summed E-state index contributed by atoms with van der Waals surface area (Å²) in [6.07, 6.45) is -0.209. The standard InChI is InChI=1S/C15H19FN2O2S/c1-10-6-18(15(19)13-8-21-9-17-13)7-14(20-10)11-2-4-12(16)5-3-11/h2-5,10,13-14,17H,6-9H2,1H3/t10-,13+,14-/m1/s1. The average molecular weight is 310 g/mol. The lowest BCUT2D eigenvalue weighted by atomic mass is 10.1. The number of nitrogens with one attached hydrogen (secondary N) is 1. The minimum absolute atomic E-state index is 0.0215. The molecule has 1 aromatic carbocycles. The summed E-state index contributed by atoms with van der Waals surface area (Å²) in [6.45, 7) is 3.10. The van der Waals surface area contributed by atoms with Gasteiger partial charge in [0.05, 0.1) is 18.7 Å². The highest BCUT2D eigenvalue weighted by Gasteiger charge is 2.33. The molecular weight excluding hydrogens is 291 g/mol. The van der Waals surface area contributed by atoms with Gasteiger partial charge in [-0.1, -0.05) is 12.1 Å². The van der Waals surface area contributed by atoms with Crippen LogP contribution in [0.3, 0.4) is 0 Å². The number of carbonyl (C=O) groups is 1. The monoisotopic (exact) mass is 310 g/mol. The molecule has 3 atom stereocenters. The lowest BCUT2D eigenvalue weighted by Gasteiger charge is -2.38. The van der Waals surface area contributed by atoms with Crippen molar-refractivity contribution in [1.29, 1.82) is 0 Å². The van der Waals surface area contributed by atoms with Crippen LogP contribution in [0.2, 0.25) is 0 Å². The first kappa shape index (κ1) is 14.8. The molecule has 4 nitrogen and oxygen atoms in total. The van der Waals surface area contributed by atoms with Crippen LogP contribution in [0.5, 0.6) is 0 Å². The number of thioether (sulfide) groups is 1. The Hall–Kier alpha value is -1.11. The smallest absolute Gasteiger partial charge is 0.240 e. The molecule has 0 saturated carbocycles. The summed E-state index contributed by atoms with van der Waals surface area (Å²) >= 11 is 1.74. The van der Waals surface area contributed by atoms with Crippen molar-refractivity contribution in [2.45, 2.75) is 25.2 Å². The summed E-state index contributed by atoms with van der Waals surface area (Å²) in [6, 6.07) is 6.22. The predicted octanol–water partition coefficient (Wildman–Crippen LogP) is 1.78. The summed E-state index contributed by atoms with van der Waals surface area (Å²) in [5.74, 6) is 1.54. The van der Waals surface area contributed by atoms with Gasteiger partial charge in [-0.2, -0.15) is 0 Å². The Morgan fingerprint density at radius 3 is 2.81 bits per heavy atom. The number of amides is 1. The molecule has 6 heteroatoms. The lowest BCUT2D eigenvalue weighted by molar-refractivity contribution is -0.146. The van der Waals surface area contributed by atoms with Gasteiger partial charge in [0.1, 0.15) is 11.9 Å². The molecule has 1 amide bonds. The van der Waals surface area contributed by atoms with Crippen molar-refractivity contribution >= 4 is 17.7 Å². The first-order chi connectivity index (χ1) is 10.1. The molecule has 2 saturated heterocycles. The molecule has 2 aliphatic rings. The maximum atomic E-state index is 13.0. The first-order valence-electron chi connectivity index (χ1n) is 7.14. The van der Waals surface area contributed by atoms with Crippen LogP contribution in [0.15, 0.2) is 24.3 Å². The highest BCUT2D eigenvalue weighted by molar-refractivity contribution is 7.99. The van der Waals surface area contributed by atoms with Gasteiger partial charge in [0.15, 0.2) is 0 Å². The number of halogens is 1. The van der Waals surface area contributed by atoms with E-state index in [4.69, 9.17) is 4.74 Å². The Labute approximate surface area is 128 Å². The van der Waals surface area contributed by atoms with Crippen molar-refractivity contribution in [3.8, 4) is 0 Å². The van der Waals surface area contributed by atoms with Gasteiger partial charge in [-0.25, -0.2) is 4.39 Å². The van der Waals surface area contributed by atoms with Gasteiger partial charge in [0, 0.05) is 18.2 Å². The zero-order chi connectivity index (χ0) is 14.8. The van der Waals surface area contributed by atoms with Crippen LogP contribution in [0.1, 0.15) is 18.6 Å². The Bertz CT molecular complexity index is 505. The molecule has 0 radical (unpaired) electrons. The van der Waals surface area contributed by atoms with E-state index in [-0.39, 0.29) is 30.0 Å². The van der Waals surface area contributed by atoms with Crippen LogP contribution >= 0.6 is 11.8 Å². The summed E-state index contributed by atoms with van der Waals surface area (Å²) in [5, 5.41) is 3.21. The molecule has 0 bridgehead atoms. The number of ether oxygens (including phenoxy) is 1. The number of morpholine rings is 1. The van der Waals surface area contributed by atoms with E-state index in [9.17, 15) is 9.18 Å². The summed E-state index contributed by atoms with van der Waals surface area (Å²) in [5.41, 5.74) is 0.912. The molecule has 0 aliphatic carbocycles. The molecule has 2 aliphatic heterocycles. The van der Waals surface area contributed by atoms with Gasteiger partial charge in [-0.15, -0.1) is 11.8 Å². The van der Waals surface area contributed by atoms with Crippen molar-refractivity contribution < 1.29 is 13.9 Å². The van der Waals surface area contributed by atoms with Gasteiger partial charge in [0.25, 0.3) is 0 Å². The van der Waals surface area contributed by atoms with Crippen molar-refractivity contribution in [2.24, 2.45) is 0 Å². The molecule has 2 heterocycles. The second-order valence-corrected chi connectivity index (χ2v) is 6.53. The minimum Gasteiger partial charge on any atom is -0.367 e. The van der Waals surface area contributed by atoms with E-state index in [2.05, 4.69) is 5.32 Å². The minimum atomic E-state index is -0.261. The maximum Gasteiger partial charge on any atom is 0.240 e. The third-order valence-corrected chi connectivity index (χ3v) is 4.77. The van der Waals surface area contributed by atoms with Crippen LogP contribution in [0.4, 0.5) is 4.39 Å². The van der Waals surface area contributed by atoms with Crippen molar-refractivity contribution in [3.63, 3.8) is 0 Å². The topological polar surface area (TPSA) is 41.6 Å². The quantitative estimate of drug-likeness (QED) is 0.904. The Kier molecular flexibility index (Phi) is 4.47. The fourth-order valence-electron chi connectivity index (χ4n) is 2.77. The summed E-state index contributed by atoms with van der Waals surface area (Å²) in [7, 11) is 0. The SMILES string of the molecule is C[C@@H]1CN(C(=O)[C@@H]2CSCN2)C[C@H](c2ccc(F)cc2)O1. The molecule has 1 N–H and O–H groups in total. The van der Waals surface area contributed by atoms with Crippen LogP contribution < -0.4 is 5.32 Å². The van der Waals surface area contributed by atoms with Gasteiger partial charge >= 0.3 is 0 Å². The Morgan fingerprint density at radius 1 is 1.38 bits per heavy atom. The lowest BCUT2D eigenvalue weighted by Crippen LogP contribution is -2.52. The molecule has 114 valence electrons. The van der Waals surface area contributed by atoms with Crippen LogP contribution in [0, 0.1) is 5.82 Å². The van der Waals surface area contributed by atoms with Crippen molar-refractivity contribution in [3.05, 3.63) is 35.6 Å². The largest absolute Gasteiger partial charge is 0.367 e. The summed E-state index contributed by atoms with van der Waals surface area (Å²) < 4.78 is 18.9.